The van der Waals surface area contributed by atoms with Crippen LogP contribution in [0.1, 0.15) is 60.2 Å². The Bertz CT molecular complexity index is 1150. The van der Waals surface area contributed by atoms with Gasteiger partial charge in [0.1, 0.15) is 5.66 Å². The van der Waals surface area contributed by atoms with Crippen LogP contribution in [-0.2, 0) is 15.8 Å². The average molecular weight is 489 g/mol. The van der Waals surface area contributed by atoms with Gasteiger partial charge in [0.05, 0.1) is 22.9 Å². The maximum atomic E-state index is 13.2. The van der Waals surface area contributed by atoms with Crippen molar-refractivity contribution in [3.05, 3.63) is 65.2 Å². The monoisotopic (exact) mass is 489 g/mol. The predicted molar refractivity (Wildman–Crippen MR) is 121 cm³/mol. The van der Waals surface area contributed by atoms with Crippen molar-refractivity contribution in [2.45, 2.75) is 50.6 Å². The van der Waals surface area contributed by atoms with E-state index in [0.717, 1.165) is 6.07 Å². The molecule has 1 saturated heterocycles. The second kappa shape index (κ2) is 9.33. The Morgan fingerprint density at radius 3 is 2.57 bits per heavy atom. The van der Waals surface area contributed by atoms with Crippen molar-refractivity contribution < 1.29 is 32.7 Å². The number of alkyl halides is 3. The van der Waals surface area contributed by atoms with Gasteiger partial charge < -0.3 is 15.3 Å². The molecule has 2 heterocycles. The van der Waals surface area contributed by atoms with E-state index in [1.165, 1.54) is 18.2 Å². The molecule has 0 radical (unpaired) electrons. The molecule has 4 rings (SSSR count). The van der Waals surface area contributed by atoms with Crippen LogP contribution in [0, 0.1) is 0 Å². The summed E-state index contributed by atoms with van der Waals surface area (Å²) >= 11 is 0. The summed E-state index contributed by atoms with van der Waals surface area (Å²) in [4.78, 5) is 41.4. The van der Waals surface area contributed by atoms with Gasteiger partial charge in [-0.3, -0.25) is 19.3 Å². The summed E-state index contributed by atoms with van der Waals surface area (Å²) in [5.41, 5.74) is -1.07. The maximum Gasteiger partial charge on any atom is 0.416 e. The fraction of sp³-hybridized carbons (Fsp3) is 0.400. The number of carbonyl (C=O) groups is 3. The molecule has 35 heavy (non-hydrogen) atoms. The first-order valence-electron chi connectivity index (χ1n) is 11.4. The summed E-state index contributed by atoms with van der Waals surface area (Å²) in [5, 5.41) is 12.7. The molecule has 0 spiro atoms. The number of benzene rings is 2. The lowest BCUT2D eigenvalue weighted by Gasteiger charge is -2.48. The molecule has 2 aromatic rings. The molecule has 2 aliphatic rings. The molecule has 2 aliphatic heterocycles. The lowest BCUT2D eigenvalue weighted by molar-refractivity contribution is -0.139. The van der Waals surface area contributed by atoms with E-state index in [1.54, 1.807) is 34.1 Å². The number of para-hydroxylation sites is 1. The number of halogens is 3. The number of amides is 3. The highest BCUT2D eigenvalue weighted by Crippen LogP contribution is 2.44. The van der Waals surface area contributed by atoms with E-state index in [9.17, 15) is 32.7 Å². The molecule has 1 fully saturated rings. The quantitative estimate of drug-likeness (QED) is 0.622. The lowest BCUT2D eigenvalue weighted by atomic mass is 9.98. The minimum absolute atomic E-state index is 0.00307. The summed E-state index contributed by atoms with van der Waals surface area (Å²) in [6.45, 7) is 1.68. The molecule has 3 amide bonds. The Morgan fingerprint density at radius 1 is 1.14 bits per heavy atom. The summed E-state index contributed by atoms with van der Waals surface area (Å²) in [6, 6.07) is 11.6. The molecule has 2 atom stereocenters. The van der Waals surface area contributed by atoms with Gasteiger partial charge in [-0.25, -0.2) is 0 Å². The lowest BCUT2D eigenvalue weighted by Crippen LogP contribution is -2.62. The Kier molecular flexibility index (Phi) is 6.59. The number of anilines is 1. The van der Waals surface area contributed by atoms with Crippen molar-refractivity contribution >= 4 is 23.4 Å². The summed E-state index contributed by atoms with van der Waals surface area (Å²) in [7, 11) is 0. The van der Waals surface area contributed by atoms with Crippen molar-refractivity contribution in [3.63, 3.8) is 0 Å². The molecule has 0 aromatic heterocycles. The second-order valence-electron chi connectivity index (χ2n) is 8.93. The van der Waals surface area contributed by atoms with Gasteiger partial charge in [0, 0.05) is 25.9 Å². The second-order valence-corrected chi connectivity index (χ2v) is 8.93. The van der Waals surface area contributed by atoms with Crippen LogP contribution in [-0.4, -0.2) is 46.5 Å². The highest BCUT2D eigenvalue weighted by molar-refractivity contribution is 6.10. The smallest absolute Gasteiger partial charge is 0.387 e. The van der Waals surface area contributed by atoms with Crippen LogP contribution in [0.3, 0.4) is 0 Å². The van der Waals surface area contributed by atoms with Gasteiger partial charge in [-0.05, 0) is 43.5 Å². The molecule has 10 heteroatoms. The molecule has 0 bridgehead atoms. The van der Waals surface area contributed by atoms with Crippen LogP contribution in [0.4, 0.5) is 18.9 Å². The van der Waals surface area contributed by atoms with Gasteiger partial charge in [-0.2, -0.15) is 13.2 Å². The third kappa shape index (κ3) is 4.62. The van der Waals surface area contributed by atoms with E-state index >= 15 is 0 Å². The van der Waals surface area contributed by atoms with Crippen LogP contribution in [0.5, 0.6) is 0 Å². The van der Waals surface area contributed by atoms with Gasteiger partial charge in [0.15, 0.2) is 0 Å². The van der Waals surface area contributed by atoms with E-state index in [1.807, 2.05) is 6.92 Å². The Balaban J connectivity index is 1.36. The van der Waals surface area contributed by atoms with Crippen molar-refractivity contribution in [1.29, 1.82) is 0 Å². The van der Waals surface area contributed by atoms with Crippen molar-refractivity contribution in [1.82, 2.24) is 10.2 Å². The van der Waals surface area contributed by atoms with Crippen LogP contribution in [0.2, 0.25) is 0 Å². The highest BCUT2D eigenvalue weighted by Gasteiger charge is 2.52. The van der Waals surface area contributed by atoms with E-state index in [2.05, 4.69) is 5.32 Å². The number of aliphatic hydroxyl groups excluding tert-OH is 1. The number of nitrogens with zero attached hydrogens (tertiary/aromatic N) is 2. The van der Waals surface area contributed by atoms with E-state index in [0.29, 0.717) is 24.1 Å². The van der Waals surface area contributed by atoms with Crippen LogP contribution >= 0.6 is 0 Å². The highest BCUT2D eigenvalue weighted by atomic mass is 19.4. The van der Waals surface area contributed by atoms with Gasteiger partial charge in [-0.1, -0.05) is 30.3 Å². The van der Waals surface area contributed by atoms with Gasteiger partial charge >= 0.3 is 6.18 Å². The van der Waals surface area contributed by atoms with Crippen LogP contribution in [0.25, 0.3) is 0 Å². The summed E-state index contributed by atoms with van der Waals surface area (Å²) < 4.78 is 39.5. The standard InChI is InChI=1S/C25H26F3N3O4/c1-24-13-12-22(34)31(24)19-10-5-3-8-17(19)23(35)30(24)14-6-11-21(33)29-15-20(32)16-7-2-4-9-18(16)25(26,27)28/h2-5,7-10,20,32H,6,11-15H2,1H3,(H,29,33). The minimum atomic E-state index is -4.62. The minimum Gasteiger partial charge on any atom is -0.387 e. The largest absolute Gasteiger partial charge is 0.416 e. The molecular formula is C25H26F3N3O4. The Hall–Kier alpha value is -3.40. The van der Waals surface area contributed by atoms with Gasteiger partial charge in [-0.15, -0.1) is 0 Å². The van der Waals surface area contributed by atoms with Crippen molar-refractivity contribution in [2.75, 3.05) is 18.0 Å². The molecule has 0 saturated carbocycles. The van der Waals surface area contributed by atoms with Crippen LogP contribution < -0.4 is 10.2 Å². The molecule has 186 valence electrons. The number of nitrogens with one attached hydrogen (secondary N) is 1. The van der Waals surface area contributed by atoms with Gasteiger partial charge in [0.25, 0.3) is 5.91 Å². The number of carbonyl (C=O) groups excluding carboxylic acids is 3. The van der Waals surface area contributed by atoms with Crippen molar-refractivity contribution in [2.24, 2.45) is 0 Å². The molecule has 2 unspecified atom stereocenters. The Labute approximate surface area is 200 Å². The zero-order valence-corrected chi connectivity index (χ0v) is 19.1. The molecule has 7 nitrogen and oxygen atoms in total. The third-order valence-corrected chi connectivity index (χ3v) is 6.65. The number of rotatable bonds is 7. The van der Waals surface area contributed by atoms with E-state index < -0.39 is 29.4 Å². The fourth-order valence-electron chi connectivity index (χ4n) is 4.89. The average Bonchev–Trinajstić information content (AvgIpc) is 3.14. The number of hydrogen-bond donors (Lipinski definition) is 2. The first-order valence-corrected chi connectivity index (χ1v) is 11.4. The number of aliphatic hydroxyl groups is 1. The SMILES string of the molecule is CC12CCC(=O)N1c1ccccc1C(=O)N2CCCC(=O)NCC(O)c1ccccc1C(F)(F)F. The Morgan fingerprint density at radius 2 is 1.83 bits per heavy atom. The molecule has 0 aliphatic carbocycles. The molecule has 2 aromatic carbocycles. The topological polar surface area (TPSA) is 90.0 Å². The summed E-state index contributed by atoms with van der Waals surface area (Å²) in [6.07, 6.45) is -5.06. The normalized spacial score (nSPS) is 20.5. The summed E-state index contributed by atoms with van der Waals surface area (Å²) in [5.74, 6) is -0.736. The number of fused-ring (bicyclic) bond motifs is 3. The zero-order valence-electron chi connectivity index (χ0n) is 19.1. The first kappa shape index (κ1) is 24.7. The first-order chi connectivity index (χ1) is 16.5. The fourth-order valence-corrected chi connectivity index (χ4v) is 4.89. The van der Waals surface area contributed by atoms with Crippen molar-refractivity contribution in [3.8, 4) is 0 Å². The molecule has 2 N–H and O–H groups in total. The van der Waals surface area contributed by atoms with Gasteiger partial charge in [0.2, 0.25) is 11.8 Å². The zero-order chi connectivity index (χ0) is 25.4. The van der Waals surface area contributed by atoms with E-state index in [-0.39, 0.29) is 43.3 Å². The third-order valence-electron chi connectivity index (χ3n) is 6.65. The maximum absolute atomic E-state index is 13.2. The molecular weight excluding hydrogens is 463 g/mol. The number of hydrogen-bond acceptors (Lipinski definition) is 4. The predicted octanol–water partition coefficient (Wildman–Crippen LogP) is 3.63. The van der Waals surface area contributed by atoms with Crippen LogP contribution in [0.15, 0.2) is 48.5 Å². The van der Waals surface area contributed by atoms with E-state index in [4.69, 9.17) is 0 Å².